The molecule has 2 aromatic rings. The van der Waals surface area contributed by atoms with E-state index < -0.39 is 0 Å². The van der Waals surface area contributed by atoms with Gasteiger partial charge in [0.25, 0.3) is 0 Å². The molecule has 0 radical (unpaired) electrons. The zero-order chi connectivity index (χ0) is 10.7. The van der Waals surface area contributed by atoms with E-state index >= 15 is 0 Å². The van der Waals surface area contributed by atoms with Gasteiger partial charge >= 0.3 is 0 Å². The van der Waals surface area contributed by atoms with Crippen LogP contribution >= 0.6 is 0 Å². The van der Waals surface area contributed by atoms with Crippen LogP contribution in [0.1, 0.15) is 24.5 Å². The topological polar surface area (TPSA) is 36.7 Å². The molecule has 1 heterocycles. The number of fused-ring (bicyclic) bond motifs is 1. The Morgan fingerprint density at radius 1 is 1.33 bits per heavy atom. The molecule has 2 nitrogen and oxygen atoms in total. The minimum atomic E-state index is 0.704. The first kappa shape index (κ1) is 9.67. The first-order valence-electron chi connectivity index (χ1n) is 5.13. The van der Waals surface area contributed by atoms with Crippen molar-refractivity contribution < 1.29 is 0 Å². The predicted octanol–water partition coefficient (Wildman–Crippen LogP) is 3.06. The van der Waals surface area contributed by atoms with Gasteiger partial charge in [0, 0.05) is 11.6 Å². The summed E-state index contributed by atoms with van der Waals surface area (Å²) in [5, 5.41) is 10.1. The second kappa shape index (κ2) is 4.10. The van der Waals surface area contributed by atoms with E-state index in [1.165, 1.54) is 0 Å². The first-order chi connectivity index (χ1) is 7.36. The highest BCUT2D eigenvalue weighted by molar-refractivity contribution is 5.83. The van der Waals surface area contributed by atoms with Gasteiger partial charge in [-0.15, -0.1) is 0 Å². The molecule has 0 fully saturated rings. The van der Waals surface area contributed by atoms with E-state index in [0.717, 1.165) is 29.3 Å². The molecule has 2 rings (SSSR count). The number of nitrogens with zero attached hydrogens (tertiary/aromatic N) is 2. The number of benzene rings is 1. The van der Waals surface area contributed by atoms with Crippen LogP contribution in [-0.2, 0) is 6.42 Å². The van der Waals surface area contributed by atoms with E-state index in [1.54, 1.807) is 6.20 Å². The van der Waals surface area contributed by atoms with Crippen molar-refractivity contribution in [2.24, 2.45) is 0 Å². The van der Waals surface area contributed by atoms with E-state index in [0.29, 0.717) is 5.56 Å². The second-order valence-electron chi connectivity index (χ2n) is 3.53. The van der Waals surface area contributed by atoms with Crippen LogP contribution in [0.15, 0.2) is 30.5 Å². The summed E-state index contributed by atoms with van der Waals surface area (Å²) in [4.78, 5) is 4.27. The Bertz CT molecular complexity index is 524. The van der Waals surface area contributed by atoms with Gasteiger partial charge in [-0.05, 0) is 18.1 Å². The zero-order valence-electron chi connectivity index (χ0n) is 8.70. The van der Waals surface area contributed by atoms with Gasteiger partial charge in [0.2, 0.25) is 0 Å². The molecule has 74 valence electrons. The van der Waals surface area contributed by atoms with Crippen molar-refractivity contribution in [3.8, 4) is 6.07 Å². The third kappa shape index (κ3) is 1.69. The fourth-order valence-corrected chi connectivity index (χ4v) is 1.81. The molecule has 0 spiro atoms. The highest BCUT2D eigenvalue weighted by Crippen LogP contribution is 2.21. The molecule has 0 N–H and O–H groups in total. The fourth-order valence-electron chi connectivity index (χ4n) is 1.81. The highest BCUT2D eigenvalue weighted by Gasteiger charge is 2.06. The summed E-state index contributed by atoms with van der Waals surface area (Å²) in [7, 11) is 0. The zero-order valence-corrected chi connectivity index (χ0v) is 8.70. The van der Waals surface area contributed by atoms with E-state index in [4.69, 9.17) is 5.26 Å². The lowest BCUT2D eigenvalue weighted by Gasteiger charge is -2.06. The van der Waals surface area contributed by atoms with Crippen LogP contribution in [-0.4, -0.2) is 4.98 Å². The summed E-state index contributed by atoms with van der Waals surface area (Å²) in [6.07, 6.45) is 3.65. The average Bonchev–Trinajstić information content (AvgIpc) is 2.30. The third-order valence-corrected chi connectivity index (χ3v) is 2.51. The largest absolute Gasteiger partial charge is 0.255 e. The monoisotopic (exact) mass is 196 g/mol. The summed E-state index contributed by atoms with van der Waals surface area (Å²) in [5.41, 5.74) is 2.81. The number of hydrogen-bond acceptors (Lipinski definition) is 2. The molecule has 0 aliphatic rings. The van der Waals surface area contributed by atoms with Crippen LogP contribution in [0, 0.1) is 11.3 Å². The maximum absolute atomic E-state index is 9.01. The van der Waals surface area contributed by atoms with Crippen LogP contribution < -0.4 is 0 Å². The smallest absolute Gasteiger partial charge is 0.101 e. The Morgan fingerprint density at radius 3 is 2.87 bits per heavy atom. The minimum Gasteiger partial charge on any atom is -0.255 e. The normalized spacial score (nSPS) is 10.1. The van der Waals surface area contributed by atoms with E-state index in [2.05, 4.69) is 18.0 Å². The van der Waals surface area contributed by atoms with E-state index in [-0.39, 0.29) is 0 Å². The van der Waals surface area contributed by atoms with Crippen LogP contribution in [0.25, 0.3) is 10.9 Å². The molecule has 0 amide bonds. The summed E-state index contributed by atoms with van der Waals surface area (Å²) < 4.78 is 0. The predicted molar refractivity (Wildman–Crippen MR) is 60.5 cm³/mol. The fraction of sp³-hybridized carbons (Fsp3) is 0.231. The van der Waals surface area contributed by atoms with Crippen molar-refractivity contribution in [3.63, 3.8) is 0 Å². The molecule has 2 heteroatoms. The van der Waals surface area contributed by atoms with E-state index in [1.807, 2.05) is 24.3 Å². The Balaban J connectivity index is 2.74. The molecule has 0 unspecified atom stereocenters. The Labute approximate surface area is 89.2 Å². The molecule has 0 bridgehead atoms. The number of pyridine rings is 1. The van der Waals surface area contributed by atoms with Crippen LogP contribution in [0.3, 0.4) is 0 Å². The maximum atomic E-state index is 9.01. The number of hydrogen-bond donors (Lipinski definition) is 0. The van der Waals surface area contributed by atoms with Crippen LogP contribution in [0.5, 0.6) is 0 Å². The van der Waals surface area contributed by atoms with Gasteiger partial charge in [0.15, 0.2) is 0 Å². The van der Waals surface area contributed by atoms with Gasteiger partial charge in [0.1, 0.15) is 6.07 Å². The molecule has 0 atom stereocenters. The van der Waals surface area contributed by atoms with Crippen molar-refractivity contribution in [2.75, 3.05) is 0 Å². The van der Waals surface area contributed by atoms with Crippen molar-refractivity contribution in [1.29, 1.82) is 5.26 Å². The third-order valence-electron chi connectivity index (χ3n) is 2.51. The van der Waals surface area contributed by atoms with Gasteiger partial charge in [-0.1, -0.05) is 31.5 Å². The Kier molecular flexibility index (Phi) is 2.64. The van der Waals surface area contributed by atoms with Gasteiger partial charge in [-0.2, -0.15) is 5.26 Å². The summed E-state index contributed by atoms with van der Waals surface area (Å²) in [5.74, 6) is 0. The molecule has 0 saturated carbocycles. The van der Waals surface area contributed by atoms with Crippen LogP contribution in [0.4, 0.5) is 0 Å². The minimum absolute atomic E-state index is 0.704. The van der Waals surface area contributed by atoms with Crippen LogP contribution in [0.2, 0.25) is 0 Å². The van der Waals surface area contributed by atoms with E-state index in [9.17, 15) is 0 Å². The molecule has 1 aromatic carbocycles. The van der Waals surface area contributed by atoms with Crippen molar-refractivity contribution in [3.05, 3.63) is 41.6 Å². The lowest BCUT2D eigenvalue weighted by atomic mass is 10.0. The van der Waals surface area contributed by atoms with Gasteiger partial charge in [-0.3, -0.25) is 4.98 Å². The molecule has 0 saturated heterocycles. The number of aromatic nitrogens is 1. The molecule has 15 heavy (non-hydrogen) atoms. The average molecular weight is 196 g/mol. The molecule has 0 aliphatic heterocycles. The summed E-state index contributed by atoms with van der Waals surface area (Å²) in [6, 6.07) is 10.2. The van der Waals surface area contributed by atoms with Gasteiger partial charge in [-0.25, -0.2) is 0 Å². The van der Waals surface area contributed by atoms with Crippen molar-refractivity contribution in [2.45, 2.75) is 19.8 Å². The molecule has 0 aliphatic carbocycles. The number of rotatable bonds is 2. The van der Waals surface area contributed by atoms with Gasteiger partial charge < -0.3 is 0 Å². The number of aryl methyl sites for hydroxylation is 1. The lowest BCUT2D eigenvalue weighted by Crippen LogP contribution is -1.93. The van der Waals surface area contributed by atoms with Crippen molar-refractivity contribution in [1.82, 2.24) is 4.98 Å². The number of para-hydroxylation sites is 1. The number of nitriles is 1. The van der Waals surface area contributed by atoms with Crippen molar-refractivity contribution >= 4 is 10.9 Å². The maximum Gasteiger partial charge on any atom is 0.101 e. The molecule has 1 aromatic heterocycles. The van der Waals surface area contributed by atoms with Gasteiger partial charge in [0.05, 0.1) is 11.1 Å². The highest BCUT2D eigenvalue weighted by atomic mass is 14.7. The Morgan fingerprint density at radius 2 is 2.13 bits per heavy atom. The standard InChI is InChI=1S/C13H12N2/c1-2-5-11-10(8-14)9-15-13-7-4-3-6-12(11)13/h3-4,6-7,9H,2,5H2,1H3. The SMILES string of the molecule is CCCc1c(C#N)cnc2ccccc12. The quantitative estimate of drug-likeness (QED) is 0.740. The summed E-state index contributed by atoms with van der Waals surface area (Å²) >= 11 is 0. The Hall–Kier alpha value is -1.88. The lowest BCUT2D eigenvalue weighted by molar-refractivity contribution is 0.924. The second-order valence-corrected chi connectivity index (χ2v) is 3.53. The molecular formula is C13H12N2. The summed E-state index contributed by atoms with van der Waals surface area (Å²) in [6.45, 7) is 2.12. The molecular weight excluding hydrogens is 184 g/mol. The first-order valence-corrected chi connectivity index (χ1v) is 5.13.